The van der Waals surface area contributed by atoms with Crippen molar-refractivity contribution in [2.75, 3.05) is 6.61 Å². The first-order valence-electron chi connectivity index (χ1n) is 4.53. The van der Waals surface area contributed by atoms with Crippen LogP contribution in [0, 0.1) is 0 Å². The lowest BCUT2D eigenvalue weighted by molar-refractivity contribution is 0.0888. The topological polar surface area (TPSA) is 55.5 Å². The predicted molar refractivity (Wildman–Crippen MR) is 57.2 cm³/mol. The number of nitrogens with two attached hydrogens (primary N) is 1. The monoisotopic (exact) mass is 257 g/mol. The molecule has 14 heavy (non-hydrogen) atoms. The lowest BCUT2D eigenvalue weighted by atomic mass is 9.98. The van der Waals surface area contributed by atoms with Gasteiger partial charge in [0.2, 0.25) is 0 Å². The molecule has 0 radical (unpaired) electrons. The molecule has 1 aromatic rings. The van der Waals surface area contributed by atoms with Gasteiger partial charge in [0.05, 0.1) is 6.61 Å². The zero-order valence-electron chi connectivity index (χ0n) is 7.61. The molecule has 3 N–H and O–H groups in total. The van der Waals surface area contributed by atoms with Gasteiger partial charge in [0.1, 0.15) is 11.9 Å². The molecule has 0 aromatic heterocycles. The van der Waals surface area contributed by atoms with Gasteiger partial charge in [-0.1, -0.05) is 15.9 Å². The summed E-state index contributed by atoms with van der Waals surface area (Å²) >= 11 is 3.39. The SMILES string of the molecule is N[C@H]1CC(CO)Oc2ccc(Br)cc21. The van der Waals surface area contributed by atoms with E-state index in [9.17, 15) is 0 Å². The van der Waals surface area contributed by atoms with Gasteiger partial charge in [-0.2, -0.15) is 0 Å². The van der Waals surface area contributed by atoms with Crippen molar-refractivity contribution in [2.45, 2.75) is 18.6 Å². The molecule has 0 spiro atoms. The average molecular weight is 258 g/mol. The van der Waals surface area contributed by atoms with Gasteiger partial charge in [-0.15, -0.1) is 0 Å². The summed E-state index contributed by atoms with van der Waals surface area (Å²) in [5.41, 5.74) is 6.97. The Labute approximate surface area is 91.0 Å². The zero-order valence-corrected chi connectivity index (χ0v) is 9.20. The molecule has 0 aliphatic carbocycles. The first-order chi connectivity index (χ1) is 6.70. The summed E-state index contributed by atoms with van der Waals surface area (Å²) < 4.78 is 6.55. The fourth-order valence-corrected chi connectivity index (χ4v) is 2.04. The third-order valence-corrected chi connectivity index (χ3v) is 2.88. The second kappa shape index (κ2) is 3.88. The molecule has 1 heterocycles. The van der Waals surface area contributed by atoms with Gasteiger partial charge in [0.15, 0.2) is 0 Å². The van der Waals surface area contributed by atoms with Crippen molar-refractivity contribution in [3.8, 4) is 5.75 Å². The van der Waals surface area contributed by atoms with Crippen molar-refractivity contribution in [1.82, 2.24) is 0 Å². The molecule has 0 amide bonds. The van der Waals surface area contributed by atoms with Crippen LogP contribution in [-0.2, 0) is 0 Å². The quantitative estimate of drug-likeness (QED) is 0.804. The molecule has 76 valence electrons. The largest absolute Gasteiger partial charge is 0.488 e. The van der Waals surface area contributed by atoms with Crippen molar-refractivity contribution in [3.05, 3.63) is 28.2 Å². The van der Waals surface area contributed by atoms with E-state index >= 15 is 0 Å². The van der Waals surface area contributed by atoms with Gasteiger partial charge < -0.3 is 15.6 Å². The molecule has 1 aliphatic rings. The first kappa shape index (κ1) is 9.96. The van der Waals surface area contributed by atoms with E-state index in [1.807, 2.05) is 18.2 Å². The van der Waals surface area contributed by atoms with Crippen LogP contribution in [0.1, 0.15) is 18.0 Å². The second-order valence-corrected chi connectivity index (χ2v) is 4.36. The van der Waals surface area contributed by atoms with Gasteiger partial charge in [0.25, 0.3) is 0 Å². The van der Waals surface area contributed by atoms with Crippen LogP contribution in [-0.4, -0.2) is 17.8 Å². The van der Waals surface area contributed by atoms with Crippen LogP contribution in [0.4, 0.5) is 0 Å². The summed E-state index contributed by atoms with van der Waals surface area (Å²) in [5.74, 6) is 0.783. The van der Waals surface area contributed by atoms with Crippen LogP contribution < -0.4 is 10.5 Å². The average Bonchev–Trinajstić information content (AvgIpc) is 2.19. The minimum Gasteiger partial charge on any atom is -0.488 e. The maximum Gasteiger partial charge on any atom is 0.124 e. The van der Waals surface area contributed by atoms with Gasteiger partial charge in [-0.25, -0.2) is 0 Å². The smallest absolute Gasteiger partial charge is 0.124 e. The summed E-state index contributed by atoms with van der Waals surface area (Å²) in [6, 6.07) is 5.70. The predicted octanol–water partition coefficient (Wildman–Crippen LogP) is 1.59. The number of fused-ring (bicyclic) bond motifs is 1. The van der Waals surface area contributed by atoms with Crippen molar-refractivity contribution < 1.29 is 9.84 Å². The molecule has 2 atom stereocenters. The van der Waals surface area contributed by atoms with Crippen molar-refractivity contribution in [2.24, 2.45) is 5.73 Å². The minimum absolute atomic E-state index is 0.0171. The molecule has 0 saturated heterocycles. The number of aliphatic hydroxyl groups is 1. The summed E-state index contributed by atoms with van der Waals surface area (Å²) in [6.45, 7) is 0.0171. The summed E-state index contributed by atoms with van der Waals surface area (Å²) in [7, 11) is 0. The highest BCUT2D eigenvalue weighted by molar-refractivity contribution is 9.10. The Kier molecular flexibility index (Phi) is 2.76. The fraction of sp³-hybridized carbons (Fsp3) is 0.400. The van der Waals surface area contributed by atoms with E-state index < -0.39 is 0 Å². The number of aliphatic hydroxyl groups excluding tert-OH is 1. The van der Waals surface area contributed by atoms with E-state index in [1.54, 1.807) is 0 Å². The minimum atomic E-state index is -0.168. The maximum atomic E-state index is 9.00. The summed E-state index contributed by atoms with van der Waals surface area (Å²) in [4.78, 5) is 0. The molecule has 1 unspecified atom stereocenters. The Hall–Kier alpha value is -0.580. The third-order valence-electron chi connectivity index (χ3n) is 2.39. The fourth-order valence-electron chi connectivity index (χ4n) is 1.67. The normalized spacial score (nSPS) is 25.4. The van der Waals surface area contributed by atoms with Crippen LogP contribution in [0.2, 0.25) is 0 Å². The van der Waals surface area contributed by atoms with E-state index in [-0.39, 0.29) is 18.8 Å². The molecule has 1 aromatic carbocycles. The van der Waals surface area contributed by atoms with E-state index in [0.717, 1.165) is 15.8 Å². The molecule has 1 aliphatic heterocycles. The highest BCUT2D eigenvalue weighted by atomic mass is 79.9. The van der Waals surface area contributed by atoms with Crippen LogP contribution in [0.25, 0.3) is 0 Å². The molecule has 0 fully saturated rings. The van der Waals surface area contributed by atoms with Gasteiger partial charge in [-0.05, 0) is 18.2 Å². The lowest BCUT2D eigenvalue weighted by Gasteiger charge is -2.29. The zero-order chi connectivity index (χ0) is 10.1. The van der Waals surface area contributed by atoms with Crippen molar-refractivity contribution in [1.29, 1.82) is 0 Å². The van der Waals surface area contributed by atoms with E-state index in [4.69, 9.17) is 15.6 Å². The van der Waals surface area contributed by atoms with Gasteiger partial charge in [-0.3, -0.25) is 0 Å². The molecule has 0 saturated carbocycles. The number of benzene rings is 1. The number of hydrogen-bond acceptors (Lipinski definition) is 3. The Balaban J connectivity index is 2.35. The third kappa shape index (κ3) is 1.78. The Bertz CT molecular complexity index is 343. The molecule has 4 heteroatoms. The molecule has 3 nitrogen and oxygen atoms in total. The Morgan fingerprint density at radius 2 is 2.36 bits per heavy atom. The van der Waals surface area contributed by atoms with Crippen LogP contribution in [0.15, 0.2) is 22.7 Å². The lowest BCUT2D eigenvalue weighted by Crippen LogP contribution is -2.31. The Morgan fingerprint density at radius 3 is 3.07 bits per heavy atom. The summed E-state index contributed by atoms with van der Waals surface area (Å²) in [6.07, 6.45) is 0.499. The second-order valence-electron chi connectivity index (χ2n) is 3.45. The summed E-state index contributed by atoms with van der Waals surface area (Å²) in [5, 5.41) is 9.00. The first-order valence-corrected chi connectivity index (χ1v) is 5.32. The van der Waals surface area contributed by atoms with E-state index in [0.29, 0.717) is 6.42 Å². The molecular weight excluding hydrogens is 246 g/mol. The van der Waals surface area contributed by atoms with Crippen LogP contribution >= 0.6 is 15.9 Å². The Morgan fingerprint density at radius 1 is 1.57 bits per heavy atom. The van der Waals surface area contributed by atoms with E-state index in [2.05, 4.69) is 15.9 Å². The van der Waals surface area contributed by atoms with E-state index in [1.165, 1.54) is 0 Å². The number of halogens is 1. The maximum absolute atomic E-state index is 9.00. The van der Waals surface area contributed by atoms with Crippen molar-refractivity contribution in [3.63, 3.8) is 0 Å². The standard InChI is InChI=1S/C10H12BrNO2/c11-6-1-2-10-8(3-6)9(12)4-7(5-13)14-10/h1-3,7,9,13H,4-5,12H2/t7?,9-/m0/s1. The number of rotatable bonds is 1. The molecule has 2 rings (SSSR count). The number of hydrogen-bond donors (Lipinski definition) is 2. The highest BCUT2D eigenvalue weighted by Crippen LogP contribution is 2.34. The van der Waals surface area contributed by atoms with Gasteiger partial charge in [0, 0.05) is 22.5 Å². The molecule has 0 bridgehead atoms. The van der Waals surface area contributed by atoms with Crippen molar-refractivity contribution >= 4 is 15.9 Å². The van der Waals surface area contributed by atoms with Crippen LogP contribution in [0.3, 0.4) is 0 Å². The highest BCUT2D eigenvalue weighted by Gasteiger charge is 2.25. The number of ether oxygens (including phenoxy) is 1. The van der Waals surface area contributed by atoms with Gasteiger partial charge >= 0.3 is 0 Å². The molecular formula is C10H12BrNO2. The van der Waals surface area contributed by atoms with Crippen LogP contribution in [0.5, 0.6) is 5.75 Å².